The van der Waals surface area contributed by atoms with E-state index in [2.05, 4.69) is 30.8 Å². The molecule has 0 radical (unpaired) electrons. The number of nitrogens with zero attached hydrogens (tertiary/aromatic N) is 1. The number of rotatable bonds is 6. The molecule has 1 aromatic carbocycles. The van der Waals surface area contributed by atoms with Gasteiger partial charge in [-0.2, -0.15) is 0 Å². The molecule has 0 aliphatic carbocycles. The Morgan fingerprint density at radius 1 is 1.29 bits per heavy atom. The minimum absolute atomic E-state index is 0.107. The van der Waals surface area contributed by atoms with E-state index in [0.717, 1.165) is 12.5 Å². The smallest absolute Gasteiger partial charge is 0.270 e. The minimum Gasteiger partial charge on any atom is -0.384 e. The third kappa shape index (κ3) is 4.98. The Balaban J connectivity index is 3.11. The maximum atomic E-state index is 12.0. The highest BCUT2D eigenvalue weighted by molar-refractivity contribution is 7.89. The summed E-state index contributed by atoms with van der Waals surface area (Å²) >= 11 is 0. The lowest BCUT2D eigenvalue weighted by Gasteiger charge is -2.19. The first-order chi connectivity index (χ1) is 9.57. The second kappa shape index (κ2) is 6.40. The Morgan fingerprint density at radius 3 is 2.38 bits per heavy atom. The number of benzene rings is 1. The van der Waals surface area contributed by atoms with Crippen molar-refractivity contribution in [3.63, 3.8) is 0 Å². The summed E-state index contributed by atoms with van der Waals surface area (Å²) in [5.74, 6) is 0. The highest BCUT2D eigenvalue weighted by atomic mass is 32.2. The van der Waals surface area contributed by atoms with E-state index >= 15 is 0 Å². The largest absolute Gasteiger partial charge is 0.384 e. The van der Waals surface area contributed by atoms with Crippen LogP contribution in [0.25, 0.3) is 0 Å². The van der Waals surface area contributed by atoms with E-state index in [1.807, 2.05) is 0 Å². The molecule has 0 atom stereocenters. The molecule has 1 rings (SSSR count). The molecule has 0 bridgehead atoms. The van der Waals surface area contributed by atoms with Crippen molar-refractivity contribution in [1.82, 2.24) is 4.72 Å². The molecule has 0 fully saturated rings. The van der Waals surface area contributed by atoms with Crippen molar-refractivity contribution in [2.75, 3.05) is 18.9 Å². The predicted molar refractivity (Wildman–Crippen MR) is 81.9 cm³/mol. The average molecular weight is 315 g/mol. The van der Waals surface area contributed by atoms with Crippen LogP contribution in [0.3, 0.4) is 0 Å². The summed E-state index contributed by atoms with van der Waals surface area (Å²) in [6.07, 6.45) is 0.836. The molecule has 0 aliphatic rings. The number of nitro benzene ring substituents is 1. The molecule has 7 nitrogen and oxygen atoms in total. The van der Waals surface area contributed by atoms with Crippen molar-refractivity contribution < 1.29 is 13.3 Å². The molecule has 21 heavy (non-hydrogen) atoms. The third-order valence-corrected chi connectivity index (χ3v) is 4.38. The van der Waals surface area contributed by atoms with Crippen LogP contribution in [0.15, 0.2) is 23.1 Å². The lowest BCUT2D eigenvalue weighted by molar-refractivity contribution is -0.385. The zero-order valence-electron chi connectivity index (χ0n) is 12.6. The number of nitrogens with one attached hydrogen (secondary N) is 2. The number of sulfonamides is 1. The van der Waals surface area contributed by atoms with Crippen LogP contribution >= 0.6 is 0 Å². The van der Waals surface area contributed by atoms with Crippen LogP contribution in [0.1, 0.15) is 27.2 Å². The van der Waals surface area contributed by atoms with Gasteiger partial charge < -0.3 is 5.32 Å². The molecule has 0 aromatic heterocycles. The summed E-state index contributed by atoms with van der Waals surface area (Å²) in [5.41, 5.74) is 0.208. The Bertz CT molecular complexity index is 621. The van der Waals surface area contributed by atoms with Gasteiger partial charge in [0, 0.05) is 18.7 Å². The summed E-state index contributed by atoms with van der Waals surface area (Å²) in [6.45, 7) is 6.81. The van der Waals surface area contributed by atoms with Crippen LogP contribution in [-0.4, -0.2) is 26.9 Å². The zero-order chi connectivity index (χ0) is 16.3. The second-order valence-electron chi connectivity index (χ2n) is 5.88. The summed E-state index contributed by atoms with van der Waals surface area (Å²) in [4.78, 5) is 10.1. The quantitative estimate of drug-likeness (QED) is 0.620. The van der Waals surface area contributed by atoms with Crippen molar-refractivity contribution >= 4 is 21.4 Å². The van der Waals surface area contributed by atoms with E-state index in [1.54, 1.807) is 0 Å². The van der Waals surface area contributed by atoms with Gasteiger partial charge in [-0.1, -0.05) is 20.8 Å². The van der Waals surface area contributed by atoms with Gasteiger partial charge in [0.25, 0.3) is 5.69 Å². The molecular weight excluding hydrogens is 294 g/mol. The van der Waals surface area contributed by atoms with Gasteiger partial charge in [0.1, 0.15) is 4.90 Å². The maximum Gasteiger partial charge on any atom is 0.270 e. The zero-order valence-corrected chi connectivity index (χ0v) is 13.5. The van der Waals surface area contributed by atoms with Crippen LogP contribution in [0, 0.1) is 15.5 Å². The maximum absolute atomic E-state index is 12.0. The van der Waals surface area contributed by atoms with Crippen LogP contribution in [0.2, 0.25) is 0 Å². The SMILES string of the molecule is CNS(=O)(=O)c1cc([N+](=O)[O-])ccc1NCCC(C)(C)C. The second-order valence-corrected chi connectivity index (χ2v) is 7.74. The minimum atomic E-state index is -3.77. The standard InChI is InChI=1S/C13H21N3O4S/c1-13(2,3)7-8-15-11-6-5-10(16(17)18)9-12(11)21(19,20)14-4/h5-6,9,14-15H,7-8H2,1-4H3. The van der Waals surface area contributed by atoms with Gasteiger partial charge in [-0.05, 0) is 24.9 Å². The predicted octanol–water partition coefficient (Wildman–Crippen LogP) is 2.35. The topological polar surface area (TPSA) is 101 Å². The molecule has 0 spiro atoms. The van der Waals surface area contributed by atoms with Crippen LogP contribution in [0.4, 0.5) is 11.4 Å². The molecule has 0 aliphatic heterocycles. The fourth-order valence-electron chi connectivity index (χ4n) is 1.68. The van der Waals surface area contributed by atoms with E-state index in [1.165, 1.54) is 19.2 Å². The molecule has 118 valence electrons. The van der Waals surface area contributed by atoms with E-state index in [0.29, 0.717) is 12.2 Å². The molecule has 0 heterocycles. The van der Waals surface area contributed by atoms with E-state index in [9.17, 15) is 18.5 Å². The van der Waals surface area contributed by atoms with Gasteiger partial charge in [-0.15, -0.1) is 0 Å². The first kappa shape index (κ1) is 17.4. The van der Waals surface area contributed by atoms with Gasteiger partial charge in [-0.3, -0.25) is 10.1 Å². The van der Waals surface area contributed by atoms with Crippen molar-refractivity contribution in [2.24, 2.45) is 5.41 Å². The number of hydrogen-bond donors (Lipinski definition) is 2. The fraction of sp³-hybridized carbons (Fsp3) is 0.538. The van der Waals surface area contributed by atoms with Crippen LogP contribution in [0.5, 0.6) is 0 Å². The summed E-state index contributed by atoms with van der Waals surface area (Å²) in [5, 5.41) is 13.8. The highest BCUT2D eigenvalue weighted by Crippen LogP contribution is 2.27. The van der Waals surface area contributed by atoms with E-state index < -0.39 is 14.9 Å². The van der Waals surface area contributed by atoms with Crippen molar-refractivity contribution in [1.29, 1.82) is 0 Å². The highest BCUT2D eigenvalue weighted by Gasteiger charge is 2.21. The van der Waals surface area contributed by atoms with Crippen LogP contribution in [-0.2, 0) is 10.0 Å². The number of non-ortho nitro benzene ring substituents is 1. The average Bonchev–Trinajstić information content (AvgIpc) is 2.37. The lowest BCUT2D eigenvalue weighted by atomic mass is 9.92. The molecular formula is C13H21N3O4S. The van der Waals surface area contributed by atoms with Gasteiger partial charge >= 0.3 is 0 Å². The molecule has 0 unspecified atom stereocenters. The number of hydrogen-bond acceptors (Lipinski definition) is 5. The molecule has 0 saturated carbocycles. The fourth-order valence-corrected chi connectivity index (χ4v) is 2.60. The molecule has 8 heteroatoms. The first-order valence-electron chi connectivity index (χ1n) is 6.53. The Morgan fingerprint density at radius 2 is 1.90 bits per heavy atom. The van der Waals surface area contributed by atoms with E-state index in [-0.39, 0.29) is 16.0 Å². The molecule has 0 saturated heterocycles. The summed E-state index contributed by atoms with van der Waals surface area (Å²) < 4.78 is 26.1. The normalized spacial score (nSPS) is 12.2. The number of anilines is 1. The van der Waals surface area contributed by atoms with Gasteiger partial charge in [0.2, 0.25) is 10.0 Å². The monoisotopic (exact) mass is 315 g/mol. The van der Waals surface area contributed by atoms with Crippen molar-refractivity contribution in [2.45, 2.75) is 32.1 Å². The van der Waals surface area contributed by atoms with E-state index in [4.69, 9.17) is 0 Å². The van der Waals surface area contributed by atoms with Crippen LogP contribution < -0.4 is 10.0 Å². The Labute approximate surface area is 124 Å². The van der Waals surface area contributed by atoms with Gasteiger partial charge in [0.05, 0.1) is 10.6 Å². The molecule has 0 amide bonds. The first-order valence-corrected chi connectivity index (χ1v) is 8.01. The van der Waals surface area contributed by atoms with Gasteiger partial charge in [0.15, 0.2) is 0 Å². The van der Waals surface area contributed by atoms with Crippen molar-refractivity contribution in [3.8, 4) is 0 Å². The van der Waals surface area contributed by atoms with Crippen molar-refractivity contribution in [3.05, 3.63) is 28.3 Å². The molecule has 1 aromatic rings. The Hall–Kier alpha value is -1.67. The molecule has 2 N–H and O–H groups in total. The third-order valence-electron chi connectivity index (χ3n) is 2.92. The summed E-state index contributed by atoms with van der Waals surface area (Å²) in [6, 6.07) is 3.77. The number of nitro groups is 1. The lowest BCUT2D eigenvalue weighted by Crippen LogP contribution is -2.21. The Kier molecular flexibility index (Phi) is 5.30. The van der Waals surface area contributed by atoms with Gasteiger partial charge in [-0.25, -0.2) is 13.1 Å². The summed E-state index contributed by atoms with van der Waals surface area (Å²) in [7, 11) is -2.50.